The quantitative estimate of drug-likeness (QED) is 0.264. The Morgan fingerprint density at radius 1 is 1.27 bits per heavy atom. The number of H-pyrrole nitrogens is 1. The molecular weight excluding hydrogens is 528 g/mol. The summed E-state index contributed by atoms with van der Waals surface area (Å²) >= 11 is 0.950. The number of rotatable bonds is 6. The average molecular weight is 550 g/mol. The highest BCUT2D eigenvalue weighted by Gasteiger charge is 2.33. The molecule has 0 saturated heterocycles. The van der Waals surface area contributed by atoms with E-state index in [1.807, 2.05) is 49.2 Å². The van der Waals surface area contributed by atoms with Crippen molar-refractivity contribution in [2.45, 2.75) is 26.2 Å². The van der Waals surface area contributed by atoms with E-state index in [0.29, 0.717) is 24.1 Å². The summed E-state index contributed by atoms with van der Waals surface area (Å²) in [5, 5.41) is 4.46. The molecule has 0 saturated carbocycles. The van der Waals surface area contributed by atoms with Crippen LogP contribution in [0.2, 0.25) is 0 Å². The zero-order valence-electron chi connectivity index (χ0n) is 16.4. The van der Waals surface area contributed by atoms with E-state index in [1.165, 1.54) is 0 Å². The van der Waals surface area contributed by atoms with Gasteiger partial charge in [0.05, 0.1) is 25.0 Å². The molecule has 2 heterocycles. The highest BCUT2D eigenvalue weighted by Crippen LogP contribution is 2.30. The van der Waals surface area contributed by atoms with Crippen molar-refractivity contribution in [3.8, 4) is 11.3 Å². The minimum absolute atomic E-state index is 0. The molecule has 1 aromatic carbocycles. The Balaban J connectivity index is 0.00000320. The first kappa shape index (κ1) is 24.1. The molecule has 0 spiro atoms. The number of alkyl halides is 3. The molecule has 30 heavy (non-hydrogen) atoms. The number of thiazole rings is 1. The van der Waals surface area contributed by atoms with Crippen molar-refractivity contribution in [2.75, 3.05) is 13.6 Å². The number of aromatic nitrogens is 3. The van der Waals surface area contributed by atoms with Gasteiger partial charge in [0, 0.05) is 19.0 Å². The Hall–Kier alpha value is -2.15. The smallest absolute Gasteiger partial charge is 0.357 e. The lowest BCUT2D eigenvalue weighted by atomic mass is 10.2. The molecule has 2 aromatic heterocycles. The summed E-state index contributed by atoms with van der Waals surface area (Å²) in [5.41, 5.74) is 1.08. The molecule has 162 valence electrons. The maximum Gasteiger partial charge on any atom is 0.434 e. The molecule has 11 heteroatoms. The van der Waals surface area contributed by atoms with Crippen molar-refractivity contribution >= 4 is 41.3 Å². The molecule has 0 aliphatic heterocycles. The van der Waals surface area contributed by atoms with Crippen LogP contribution in [0.25, 0.3) is 11.3 Å². The summed E-state index contributed by atoms with van der Waals surface area (Å²) in [7, 11) is 1.84. The topological polar surface area (TPSA) is 69.2 Å². The van der Waals surface area contributed by atoms with Gasteiger partial charge in [0.25, 0.3) is 0 Å². The first-order valence-corrected chi connectivity index (χ1v) is 9.85. The average Bonchev–Trinajstić information content (AvgIpc) is 3.35. The summed E-state index contributed by atoms with van der Waals surface area (Å²) in [6, 6.07) is 9.86. The third-order valence-corrected chi connectivity index (χ3v) is 4.84. The van der Waals surface area contributed by atoms with E-state index in [9.17, 15) is 13.2 Å². The van der Waals surface area contributed by atoms with Gasteiger partial charge in [0.2, 0.25) is 0 Å². The van der Waals surface area contributed by atoms with Crippen LogP contribution in [0, 0.1) is 0 Å². The van der Waals surface area contributed by atoms with E-state index in [2.05, 4.69) is 25.3 Å². The Bertz CT molecular complexity index is 955. The highest BCUT2D eigenvalue weighted by molar-refractivity contribution is 14.0. The third kappa shape index (κ3) is 6.42. The predicted octanol–water partition coefficient (Wildman–Crippen LogP) is 4.77. The number of benzene rings is 1. The van der Waals surface area contributed by atoms with Crippen molar-refractivity contribution in [1.82, 2.24) is 25.2 Å². The fraction of sp³-hybridized carbons (Fsp3) is 0.316. The molecule has 0 bridgehead atoms. The molecule has 0 fully saturated rings. The van der Waals surface area contributed by atoms with Crippen LogP contribution in [0.1, 0.15) is 23.4 Å². The van der Waals surface area contributed by atoms with Gasteiger partial charge in [-0.05, 0) is 12.5 Å². The van der Waals surface area contributed by atoms with Crippen molar-refractivity contribution in [2.24, 2.45) is 4.99 Å². The molecule has 0 atom stereocenters. The number of guanidine groups is 1. The van der Waals surface area contributed by atoms with Crippen LogP contribution in [0.5, 0.6) is 0 Å². The van der Waals surface area contributed by atoms with Gasteiger partial charge in [-0.3, -0.25) is 0 Å². The molecule has 3 aromatic rings. The number of nitrogens with zero attached hydrogens (tertiary/aromatic N) is 4. The Morgan fingerprint density at radius 2 is 2.00 bits per heavy atom. The molecule has 0 unspecified atom stereocenters. The van der Waals surface area contributed by atoms with Crippen LogP contribution in [0.15, 0.2) is 46.9 Å². The van der Waals surface area contributed by atoms with Gasteiger partial charge in [-0.2, -0.15) is 13.2 Å². The van der Waals surface area contributed by atoms with Crippen LogP contribution >= 0.6 is 35.3 Å². The number of aromatic amines is 1. The first-order chi connectivity index (χ1) is 13.9. The van der Waals surface area contributed by atoms with Crippen LogP contribution in [0.3, 0.4) is 0 Å². The van der Waals surface area contributed by atoms with E-state index >= 15 is 0 Å². The van der Waals surface area contributed by atoms with Gasteiger partial charge < -0.3 is 15.2 Å². The number of halogens is 4. The van der Waals surface area contributed by atoms with E-state index in [4.69, 9.17) is 0 Å². The fourth-order valence-electron chi connectivity index (χ4n) is 2.63. The zero-order valence-corrected chi connectivity index (χ0v) is 19.5. The monoisotopic (exact) mass is 550 g/mol. The lowest BCUT2D eigenvalue weighted by molar-refractivity contribution is -0.140. The first-order valence-electron chi connectivity index (χ1n) is 8.97. The van der Waals surface area contributed by atoms with Gasteiger partial charge in [-0.15, -0.1) is 35.3 Å². The second-order valence-electron chi connectivity index (χ2n) is 6.26. The van der Waals surface area contributed by atoms with Crippen LogP contribution in [-0.2, 0) is 19.3 Å². The van der Waals surface area contributed by atoms with Gasteiger partial charge >= 0.3 is 6.18 Å². The van der Waals surface area contributed by atoms with Gasteiger partial charge in [0.1, 0.15) is 10.8 Å². The number of imidazole rings is 1. The zero-order chi connectivity index (χ0) is 20.9. The van der Waals surface area contributed by atoms with E-state index in [1.54, 1.807) is 6.20 Å². The van der Waals surface area contributed by atoms with Crippen molar-refractivity contribution in [1.29, 1.82) is 0 Å². The SMILES string of the molecule is CCNC(=NCc1nc(C(F)(F)F)cs1)N(C)Cc1ncc(-c2ccccc2)[nH]1.I. The summed E-state index contributed by atoms with van der Waals surface area (Å²) in [4.78, 5) is 17.6. The second-order valence-corrected chi connectivity index (χ2v) is 7.20. The van der Waals surface area contributed by atoms with Crippen molar-refractivity contribution in [3.05, 3.63) is 58.4 Å². The number of hydrogen-bond acceptors (Lipinski definition) is 4. The minimum atomic E-state index is -4.44. The van der Waals surface area contributed by atoms with Crippen LogP contribution in [0.4, 0.5) is 13.2 Å². The maximum atomic E-state index is 12.7. The lowest BCUT2D eigenvalue weighted by Gasteiger charge is -2.20. The van der Waals surface area contributed by atoms with E-state index < -0.39 is 11.9 Å². The van der Waals surface area contributed by atoms with Gasteiger partial charge in [0.15, 0.2) is 11.7 Å². The van der Waals surface area contributed by atoms with E-state index in [-0.39, 0.29) is 30.5 Å². The van der Waals surface area contributed by atoms with E-state index in [0.717, 1.165) is 33.8 Å². The van der Waals surface area contributed by atoms with Crippen molar-refractivity contribution < 1.29 is 13.2 Å². The molecule has 6 nitrogen and oxygen atoms in total. The number of nitrogens with one attached hydrogen (secondary N) is 2. The Labute approximate surface area is 193 Å². The summed E-state index contributed by atoms with van der Waals surface area (Å²) in [6.45, 7) is 3.09. The van der Waals surface area contributed by atoms with Gasteiger partial charge in [-0.25, -0.2) is 15.0 Å². The number of hydrogen-bond donors (Lipinski definition) is 2. The van der Waals surface area contributed by atoms with Gasteiger partial charge in [-0.1, -0.05) is 30.3 Å². The normalized spacial score (nSPS) is 11.8. The van der Waals surface area contributed by atoms with Crippen LogP contribution in [-0.4, -0.2) is 39.4 Å². The molecule has 3 rings (SSSR count). The summed E-state index contributed by atoms with van der Waals surface area (Å²) in [5.74, 6) is 1.32. The molecular formula is C19H22F3IN6S. The summed E-state index contributed by atoms with van der Waals surface area (Å²) < 4.78 is 38.1. The molecule has 0 aliphatic carbocycles. The third-order valence-electron chi connectivity index (χ3n) is 4.00. The Morgan fingerprint density at radius 3 is 2.63 bits per heavy atom. The maximum absolute atomic E-state index is 12.7. The largest absolute Gasteiger partial charge is 0.434 e. The van der Waals surface area contributed by atoms with Crippen molar-refractivity contribution in [3.63, 3.8) is 0 Å². The lowest BCUT2D eigenvalue weighted by Crippen LogP contribution is -2.38. The molecule has 2 N–H and O–H groups in total. The molecule has 0 amide bonds. The Kier molecular flexibility index (Phi) is 8.65. The molecule has 0 radical (unpaired) electrons. The molecule has 0 aliphatic rings. The predicted molar refractivity (Wildman–Crippen MR) is 123 cm³/mol. The standard InChI is InChI=1S/C19H21F3N6S.HI/c1-3-23-18(25-10-17-27-15(12-29-17)19(20,21)22)28(2)11-16-24-9-14(26-16)13-7-5-4-6-8-13;/h4-9,12H,3,10-11H2,1-2H3,(H,23,25)(H,24,26);1H. The fourth-order valence-corrected chi connectivity index (χ4v) is 3.36. The number of aliphatic imine (C=N–C) groups is 1. The van der Waals surface area contributed by atoms with Crippen LogP contribution < -0.4 is 5.32 Å². The highest BCUT2D eigenvalue weighted by atomic mass is 127. The summed E-state index contributed by atoms with van der Waals surface area (Å²) in [6.07, 6.45) is -2.66. The second kappa shape index (κ2) is 10.8. The minimum Gasteiger partial charge on any atom is -0.357 e.